The number of nitrogens with one attached hydrogen (secondary N) is 1. The highest BCUT2D eigenvalue weighted by atomic mass is 32.2. The number of thioether (sulfide) groups is 1. The molecule has 110 valence electrons. The van der Waals surface area contributed by atoms with Crippen molar-refractivity contribution in [1.29, 1.82) is 0 Å². The summed E-state index contributed by atoms with van der Waals surface area (Å²) in [5.74, 6) is 0.578. The third-order valence-electron chi connectivity index (χ3n) is 4.12. The predicted molar refractivity (Wildman–Crippen MR) is 87.6 cm³/mol. The van der Waals surface area contributed by atoms with Crippen LogP contribution < -0.4 is 5.32 Å². The van der Waals surface area contributed by atoms with Gasteiger partial charge in [0.1, 0.15) is 0 Å². The van der Waals surface area contributed by atoms with Gasteiger partial charge in [-0.2, -0.15) is 0 Å². The first-order chi connectivity index (χ1) is 9.70. The Morgan fingerprint density at radius 2 is 2.05 bits per heavy atom. The molecule has 1 saturated carbocycles. The molecule has 2 nitrogen and oxygen atoms in total. The number of allylic oxidation sites excluding steroid dienone is 4. The van der Waals surface area contributed by atoms with Gasteiger partial charge in [-0.15, -0.1) is 11.8 Å². The van der Waals surface area contributed by atoms with Crippen molar-refractivity contribution in [2.75, 3.05) is 6.26 Å². The Morgan fingerprint density at radius 3 is 2.75 bits per heavy atom. The Kier molecular flexibility index (Phi) is 5.96. The van der Waals surface area contributed by atoms with Gasteiger partial charge >= 0.3 is 0 Å². The highest BCUT2D eigenvalue weighted by molar-refractivity contribution is 8.02. The zero-order valence-corrected chi connectivity index (χ0v) is 13.3. The first kappa shape index (κ1) is 15.4. The molecule has 0 aromatic heterocycles. The summed E-state index contributed by atoms with van der Waals surface area (Å²) in [6.07, 6.45) is 17.4. The molecule has 1 atom stereocenters. The van der Waals surface area contributed by atoms with E-state index in [2.05, 4.69) is 30.6 Å². The SMILES string of the molecule is CSC1=CC(C(=O)NC2CCCCC2)=CC=CCC1C. The summed E-state index contributed by atoms with van der Waals surface area (Å²) in [6, 6.07) is 0.370. The van der Waals surface area contributed by atoms with Crippen molar-refractivity contribution < 1.29 is 4.79 Å². The lowest BCUT2D eigenvalue weighted by molar-refractivity contribution is -0.118. The molecule has 0 bridgehead atoms. The van der Waals surface area contributed by atoms with E-state index in [1.807, 2.05) is 12.2 Å². The molecule has 2 aliphatic carbocycles. The Morgan fingerprint density at radius 1 is 1.30 bits per heavy atom. The van der Waals surface area contributed by atoms with Crippen LogP contribution >= 0.6 is 11.8 Å². The van der Waals surface area contributed by atoms with E-state index in [-0.39, 0.29) is 5.91 Å². The smallest absolute Gasteiger partial charge is 0.251 e. The normalized spacial score (nSPS) is 24.4. The Labute approximate surface area is 126 Å². The van der Waals surface area contributed by atoms with Gasteiger partial charge in [0.2, 0.25) is 0 Å². The van der Waals surface area contributed by atoms with Crippen LogP contribution in [0.2, 0.25) is 0 Å². The molecule has 1 unspecified atom stereocenters. The van der Waals surface area contributed by atoms with E-state index >= 15 is 0 Å². The van der Waals surface area contributed by atoms with Crippen LogP contribution in [0.4, 0.5) is 0 Å². The quantitative estimate of drug-likeness (QED) is 0.844. The van der Waals surface area contributed by atoms with Gasteiger partial charge in [-0.3, -0.25) is 4.79 Å². The van der Waals surface area contributed by atoms with Gasteiger partial charge < -0.3 is 5.32 Å². The fourth-order valence-electron chi connectivity index (χ4n) is 2.83. The van der Waals surface area contributed by atoms with Crippen LogP contribution in [0.1, 0.15) is 45.4 Å². The standard InChI is InChI=1S/C17H25NOS/c1-13-8-6-7-9-14(12-16(13)20-2)17(19)18-15-10-4-3-5-11-15/h6-7,9,12-13,15H,3-5,8,10-11H2,1-2H3,(H,18,19). The van der Waals surface area contributed by atoms with Crippen LogP contribution in [0.3, 0.4) is 0 Å². The lowest BCUT2D eigenvalue weighted by atomic mass is 9.95. The van der Waals surface area contributed by atoms with Crippen molar-refractivity contribution in [3.8, 4) is 0 Å². The molecule has 1 N–H and O–H groups in total. The minimum atomic E-state index is 0.0854. The van der Waals surface area contributed by atoms with E-state index in [1.54, 1.807) is 11.8 Å². The van der Waals surface area contributed by atoms with E-state index in [1.165, 1.54) is 24.2 Å². The van der Waals surface area contributed by atoms with Gasteiger partial charge in [-0.1, -0.05) is 38.3 Å². The summed E-state index contributed by atoms with van der Waals surface area (Å²) in [4.78, 5) is 13.7. The van der Waals surface area contributed by atoms with Crippen LogP contribution in [0.25, 0.3) is 0 Å². The van der Waals surface area contributed by atoms with E-state index < -0.39 is 0 Å². The van der Waals surface area contributed by atoms with E-state index in [4.69, 9.17) is 0 Å². The second-order valence-corrected chi connectivity index (χ2v) is 6.63. The summed E-state index contributed by atoms with van der Waals surface area (Å²) < 4.78 is 0. The molecule has 20 heavy (non-hydrogen) atoms. The molecular formula is C17H25NOS. The predicted octanol–water partition coefficient (Wildman–Crippen LogP) is 4.20. The first-order valence-electron chi connectivity index (χ1n) is 7.64. The van der Waals surface area contributed by atoms with Crippen LogP contribution in [0.5, 0.6) is 0 Å². The zero-order chi connectivity index (χ0) is 14.4. The van der Waals surface area contributed by atoms with Gasteiger partial charge in [0.25, 0.3) is 5.91 Å². The molecule has 0 spiro atoms. The molecule has 0 heterocycles. The van der Waals surface area contributed by atoms with Crippen molar-refractivity contribution in [1.82, 2.24) is 5.32 Å². The van der Waals surface area contributed by atoms with Gasteiger partial charge in [-0.25, -0.2) is 0 Å². The van der Waals surface area contributed by atoms with Crippen molar-refractivity contribution in [2.45, 2.75) is 51.5 Å². The number of hydrogen-bond acceptors (Lipinski definition) is 2. The van der Waals surface area contributed by atoms with Crippen LogP contribution in [-0.4, -0.2) is 18.2 Å². The maximum Gasteiger partial charge on any atom is 0.251 e. The summed E-state index contributed by atoms with van der Waals surface area (Å²) in [5, 5.41) is 3.20. The third kappa shape index (κ3) is 4.27. The Hall–Kier alpha value is -0.960. The molecule has 3 heteroatoms. The number of carbonyl (C=O) groups is 1. The summed E-state index contributed by atoms with van der Waals surface area (Å²) in [5.41, 5.74) is 0.794. The highest BCUT2D eigenvalue weighted by Crippen LogP contribution is 2.28. The maximum atomic E-state index is 12.4. The summed E-state index contributed by atoms with van der Waals surface area (Å²) in [6.45, 7) is 2.22. The molecule has 1 fully saturated rings. The Bertz CT molecular complexity index is 430. The summed E-state index contributed by atoms with van der Waals surface area (Å²) >= 11 is 1.75. The van der Waals surface area contributed by atoms with E-state index in [9.17, 15) is 4.79 Å². The molecule has 0 aliphatic heterocycles. The van der Waals surface area contributed by atoms with Crippen molar-refractivity contribution >= 4 is 17.7 Å². The van der Waals surface area contributed by atoms with Crippen molar-refractivity contribution in [3.05, 3.63) is 34.8 Å². The highest BCUT2D eigenvalue weighted by Gasteiger charge is 2.18. The van der Waals surface area contributed by atoms with Gasteiger partial charge in [-0.05, 0) is 48.5 Å². The van der Waals surface area contributed by atoms with E-state index in [0.29, 0.717) is 12.0 Å². The zero-order valence-electron chi connectivity index (χ0n) is 12.5. The Balaban J connectivity index is 2.07. The second-order valence-electron chi connectivity index (χ2n) is 5.75. The number of hydrogen-bond donors (Lipinski definition) is 1. The van der Waals surface area contributed by atoms with Crippen LogP contribution in [0, 0.1) is 5.92 Å². The molecule has 0 saturated heterocycles. The average Bonchev–Trinajstić information content (AvgIpc) is 2.44. The molecule has 2 aliphatic rings. The second kappa shape index (κ2) is 7.72. The fourth-order valence-corrected chi connectivity index (χ4v) is 3.57. The van der Waals surface area contributed by atoms with Crippen LogP contribution in [0.15, 0.2) is 34.8 Å². The molecular weight excluding hydrogens is 266 g/mol. The van der Waals surface area contributed by atoms with Crippen molar-refractivity contribution in [3.63, 3.8) is 0 Å². The van der Waals surface area contributed by atoms with Gasteiger partial charge in [0.05, 0.1) is 0 Å². The molecule has 0 aromatic carbocycles. The summed E-state index contributed by atoms with van der Waals surface area (Å²) in [7, 11) is 0. The minimum absolute atomic E-state index is 0.0854. The van der Waals surface area contributed by atoms with E-state index in [0.717, 1.165) is 24.8 Å². The average molecular weight is 291 g/mol. The topological polar surface area (TPSA) is 29.1 Å². The minimum Gasteiger partial charge on any atom is -0.349 e. The first-order valence-corrected chi connectivity index (χ1v) is 8.86. The largest absolute Gasteiger partial charge is 0.349 e. The fraction of sp³-hybridized carbons (Fsp3) is 0.588. The van der Waals surface area contributed by atoms with Crippen molar-refractivity contribution in [2.24, 2.45) is 5.92 Å². The van der Waals surface area contributed by atoms with Crippen LogP contribution in [-0.2, 0) is 4.79 Å². The van der Waals surface area contributed by atoms with Gasteiger partial charge in [0, 0.05) is 11.6 Å². The lowest BCUT2D eigenvalue weighted by Gasteiger charge is -2.23. The third-order valence-corrected chi connectivity index (χ3v) is 5.11. The number of carbonyl (C=O) groups excluding carboxylic acids is 1. The molecule has 0 radical (unpaired) electrons. The lowest BCUT2D eigenvalue weighted by Crippen LogP contribution is -2.36. The molecule has 0 aromatic rings. The van der Waals surface area contributed by atoms with Gasteiger partial charge in [0.15, 0.2) is 0 Å². The molecule has 2 rings (SSSR count). The number of rotatable bonds is 3. The maximum absolute atomic E-state index is 12.4. The molecule has 1 amide bonds. The monoisotopic (exact) mass is 291 g/mol. The number of amides is 1.